The third-order valence-corrected chi connectivity index (χ3v) is 2.54. The summed E-state index contributed by atoms with van der Waals surface area (Å²) in [6.07, 6.45) is 3.50. The molecule has 0 fully saturated rings. The van der Waals surface area contributed by atoms with Gasteiger partial charge in [-0.05, 0) is 12.1 Å². The lowest BCUT2D eigenvalue weighted by Gasteiger charge is -1.90. The quantitative estimate of drug-likeness (QED) is 0.772. The second-order valence-electron chi connectivity index (χ2n) is 2.45. The fourth-order valence-corrected chi connectivity index (χ4v) is 1.65. The topological polar surface area (TPSA) is 64.7 Å². The average Bonchev–Trinajstić information content (AvgIpc) is 2.67. The number of nitrogens with zero attached hydrogens (tertiary/aromatic N) is 3. The molecular formula is C8H8N4S. The Morgan fingerprint density at radius 1 is 1.38 bits per heavy atom. The summed E-state index contributed by atoms with van der Waals surface area (Å²) in [7, 11) is 0. The minimum absolute atomic E-state index is 0.442. The first kappa shape index (κ1) is 8.28. The minimum Gasteiger partial charge on any atom is -0.324 e. The second kappa shape index (κ2) is 3.59. The van der Waals surface area contributed by atoms with Gasteiger partial charge in [0, 0.05) is 24.5 Å². The maximum absolute atomic E-state index is 5.43. The molecule has 2 N–H and O–H groups in total. The van der Waals surface area contributed by atoms with Gasteiger partial charge in [0.15, 0.2) is 0 Å². The van der Waals surface area contributed by atoms with Gasteiger partial charge in [0.05, 0.1) is 0 Å². The fraction of sp³-hybridized carbons (Fsp3) is 0.125. The Kier molecular flexibility index (Phi) is 2.29. The minimum atomic E-state index is 0.442. The van der Waals surface area contributed by atoms with Crippen LogP contribution in [-0.4, -0.2) is 15.2 Å². The molecule has 0 saturated heterocycles. The maximum Gasteiger partial charge on any atom is 0.149 e. The van der Waals surface area contributed by atoms with Crippen LogP contribution in [0.2, 0.25) is 0 Å². The van der Waals surface area contributed by atoms with Gasteiger partial charge in [-0.1, -0.05) is 11.3 Å². The van der Waals surface area contributed by atoms with Gasteiger partial charge in [-0.2, -0.15) is 0 Å². The van der Waals surface area contributed by atoms with Crippen molar-refractivity contribution in [2.75, 3.05) is 0 Å². The first-order valence-electron chi connectivity index (χ1n) is 3.83. The van der Waals surface area contributed by atoms with Crippen molar-refractivity contribution >= 4 is 11.3 Å². The molecule has 0 aliphatic heterocycles. The lowest BCUT2D eigenvalue weighted by atomic mass is 10.3. The number of pyridine rings is 1. The molecule has 0 unspecified atom stereocenters. The van der Waals surface area contributed by atoms with Crippen molar-refractivity contribution in [3.63, 3.8) is 0 Å². The summed E-state index contributed by atoms with van der Waals surface area (Å²) >= 11 is 1.50. The summed E-state index contributed by atoms with van der Waals surface area (Å²) < 4.78 is 0. The molecule has 0 spiro atoms. The maximum atomic E-state index is 5.43. The second-order valence-corrected chi connectivity index (χ2v) is 3.51. The highest BCUT2D eigenvalue weighted by atomic mass is 32.1. The van der Waals surface area contributed by atoms with Crippen LogP contribution in [0.5, 0.6) is 0 Å². The van der Waals surface area contributed by atoms with Crippen LogP contribution in [0.1, 0.15) is 5.01 Å². The highest BCUT2D eigenvalue weighted by molar-refractivity contribution is 7.14. The Balaban J connectivity index is 2.36. The molecule has 2 heterocycles. The third kappa shape index (κ3) is 1.71. The molecule has 2 aromatic heterocycles. The Labute approximate surface area is 79.5 Å². The van der Waals surface area contributed by atoms with Crippen LogP contribution in [0.25, 0.3) is 10.6 Å². The smallest absolute Gasteiger partial charge is 0.149 e. The molecule has 0 atom stereocenters. The molecule has 0 saturated carbocycles. The summed E-state index contributed by atoms with van der Waals surface area (Å²) in [6.45, 7) is 0.442. The summed E-state index contributed by atoms with van der Waals surface area (Å²) in [4.78, 5) is 4.00. The molecule has 66 valence electrons. The largest absolute Gasteiger partial charge is 0.324 e. The zero-order valence-corrected chi connectivity index (χ0v) is 7.66. The van der Waals surface area contributed by atoms with E-state index in [4.69, 9.17) is 5.73 Å². The highest BCUT2D eigenvalue weighted by Gasteiger charge is 2.04. The van der Waals surface area contributed by atoms with Gasteiger partial charge in [-0.3, -0.25) is 4.98 Å². The lowest BCUT2D eigenvalue weighted by Crippen LogP contribution is -1.94. The SMILES string of the molecule is NCc1nnc(-c2cccnc2)s1. The molecule has 2 rings (SSSR count). The van der Waals surface area contributed by atoms with Crippen molar-refractivity contribution in [1.82, 2.24) is 15.2 Å². The first-order valence-corrected chi connectivity index (χ1v) is 4.64. The van der Waals surface area contributed by atoms with E-state index < -0.39 is 0 Å². The fourth-order valence-electron chi connectivity index (χ4n) is 0.942. The average molecular weight is 192 g/mol. The van der Waals surface area contributed by atoms with Crippen LogP contribution in [0.15, 0.2) is 24.5 Å². The number of hydrogen-bond donors (Lipinski definition) is 1. The van der Waals surface area contributed by atoms with Crippen LogP contribution in [0.3, 0.4) is 0 Å². The van der Waals surface area contributed by atoms with Crippen molar-refractivity contribution in [1.29, 1.82) is 0 Å². The molecule has 0 bridgehead atoms. The van der Waals surface area contributed by atoms with E-state index in [0.717, 1.165) is 15.6 Å². The van der Waals surface area contributed by atoms with Crippen LogP contribution in [0.4, 0.5) is 0 Å². The lowest BCUT2D eigenvalue weighted by molar-refractivity contribution is 0.960. The van der Waals surface area contributed by atoms with Gasteiger partial charge in [-0.15, -0.1) is 10.2 Å². The monoisotopic (exact) mass is 192 g/mol. The van der Waals surface area contributed by atoms with E-state index in [1.807, 2.05) is 12.1 Å². The predicted octanol–water partition coefficient (Wildman–Crippen LogP) is 1.06. The summed E-state index contributed by atoms with van der Waals surface area (Å²) in [5.74, 6) is 0. The molecule has 2 aromatic rings. The first-order chi connectivity index (χ1) is 6.40. The van der Waals surface area contributed by atoms with Crippen LogP contribution < -0.4 is 5.73 Å². The molecule has 0 aromatic carbocycles. The van der Waals surface area contributed by atoms with Crippen molar-refractivity contribution in [2.45, 2.75) is 6.54 Å². The number of hydrogen-bond acceptors (Lipinski definition) is 5. The number of rotatable bonds is 2. The van der Waals surface area contributed by atoms with Gasteiger partial charge in [0.1, 0.15) is 10.0 Å². The predicted molar refractivity (Wildman–Crippen MR) is 51.0 cm³/mol. The van der Waals surface area contributed by atoms with Gasteiger partial charge >= 0.3 is 0 Å². The van der Waals surface area contributed by atoms with Crippen molar-refractivity contribution in [3.8, 4) is 10.6 Å². The van der Waals surface area contributed by atoms with Crippen molar-refractivity contribution < 1.29 is 0 Å². The van der Waals surface area contributed by atoms with Gasteiger partial charge < -0.3 is 5.73 Å². The van der Waals surface area contributed by atoms with Crippen LogP contribution >= 0.6 is 11.3 Å². The molecule has 0 aliphatic carbocycles. The van der Waals surface area contributed by atoms with Crippen molar-refractivity contribution in [3.05, 3.63) is 29.5 Å². The normalized spacial score (nSPS) is 10.2. The van der Waals surface area contributed by atoms with E-state index in [1.165, 1.54) is 11.3 Å². The molecular weight excluding hydrogens is 184 g/mol. The Bertz CT molecular complexity index is 384. The molecule has 4 nitrogen and oxygen atoms in total. The Morgan fingerprint density at radius 3 is 2.92 bits per heavy atom. The molecule has 5 heteroatoms. The Morgan fingerprint density at radius 2 is 2.31 bits per heavy atom. The van der Waals surface area contributed by atoms with Crippen LogP contribution in [0, 0.1) is 0 Å². The number of nitrogens with two attached hydrogens (primary N) is 1. The van der Waals surface area contributed by atoms with Gasteiger partial charge in [0.25, 0.3) is 0 Å². The molecule has 0 radical (unpaired) electrons. The molecule has 13 heavy (non-hydrogen) atoms. The molecule has 0 aliphatic rings. The number of aromatic nitrogens is 3. The van der Waals surface area contributed by atoms with Crippen LogP contribution in [-0.2, 0) is 6.54 Å². The third-order valence-electron chi connectivity index (χ3n) is 1.55. The van der Waals surface area contributed by atoms with Crippen molar-refractivity contribution in [2.24, 2.45) is 5.73 Å². The summed E-state index contributed by atoms with van der Waals surface area (Å²) in [6, 6.07) is 3.83. The van der Waals surface area contributed by atoms with E-state index in [9.17, 15) is 0 Å². The summed E-state index contributed by atoms with van der Waals surface area (Å²) in [5.41, 5.74) is 6.42. The highest BCUT2D eigenvalue weighted by Crippen LogP contribution is 2.21. The zero-order valence-electron chi connectivity index (χ0n) is 6.84. The van der Waals surface area contributed by atoms with E-state index in [2.05, 4.69) is 15.2 Å². The summed E-state index contributed by atoms with van der Waals surface area (Å²) in [5, 5.41) is 9.65. The van der Waals surface area contributed by atoms with E-state index >= 15 is 0 Å². The Hall–Kier alpha value is -1.33. The zero-order chi connectivity index (χ0) is 9.10. The molecule has 0 amide bonds. The van der Waals surface area contributed by atoms with Gasteiger partial charge in [0.2, 0.25) is 0 Å². The standard InChI is InChI=1S/C8H8N4S/c9-4-7-11-12-8(13-7)6-2-1-3-10-5-6/h1-3,5H,4,9H2. The van der Waals surface area contributed by atoms with E-state index in [-0.39, 0.29) is 0 Å². The van der Waals surface area contributed by atoms with Gasteiger partial charge in [-0.25, -0.2) is 0 Å². The van der Waals surface area contributed by atoms with E-state index in [0.29, 0.717) is 6.54 Å². The van der Waals surface area contributed by atoms with E-state index in [1.54, 1.807) is 12.4 Å².